The first kappa shape index (κ1) is 25.5. The summed E-state index contributed by atoms with van der Waals surface area (Å²) in [6.07, 6.45) is -5.15. The molecule has 34 heavy (non-hydrogen) atoms. The summed E-state index contributed by atoms with van der Waals surface area (Å²) in [7, 11) is 0. The third-order valence-corrected chi connectivity index (χ3v) is 11.7. The molecule has 178 valence electrons. The van der Waals surface area contributed by atoms with Crippen molar-refractivity contribution in [3.05, 3.63) is 110 Å². The molecule has 0 aliphatic carbocycles. The van der Waals surface area contributed by atoms with Crippen molar-refractivity contribution in [2.24, 2.45) is 0 Å². The van der Waals surface area contributed by atoms with E-state index in [-0.39, 0.29) is 10.6 Å². The molecular weight excluding hydrogens is 488 g/mol. The van der Waals surface area contributed by atoms with Crippen LogP contribution in [0.2, 0.25) is 0 Å². The highest BCUT2D eigenvalue weighted by molar-refractivity contribution is 8.22. The summed E-state index contributed by atoms with van der Waals surface area (Å²) in [5.41, 5.74) is 0.666. The van der Waals surface area contributed by atoms with E-state index >= 15 is 13.2 Å². The van der Waals surface area contributed by atoms with Gasteiger partial charge in [0.2, 0.25) is 6.54 Å². The maximum Gasteiger partial charge on any atom is 0.409 e. The van der Waals surface area contributed by atoms with Gasteiger partial charge in [0.1, 0.15) is 0 Å². The van der Waals surface area contributed by atoms with Crippen molar-refractivity contribution in [2.75, 3.05) is 6.54 Å². The van der Waals surface area contributed by atoms with E-state index in [1.807, 2.05) is 0 Å². The summed E-state index contributed by atoms with van der Waals surface area (Å²) in [5, 5.41) is 20.1. The van der Waals surface area contributed by atoms with Gasteiger partial charge in [-0.15, -0.1) is 0 Å². The Morgan fingerprint density at radius 1 is 0.794 bits per heavy atom. The van der Waals surface area contributed by atoms with Crippen molar-refractivity contribution in [1.29, 1.82) is 0 Å². The van der Waals surface area contributed by atoms with Crippen LogP contribution in [0, 0.1) is 34.1 Å². The van der Waals surface area contributed by atoms with Gasteiger partial charge >= 0.3 is 6.18 Å². The molecule has 0 aliphatic heterocycles. The fourth-order valence-corrected chi connectivity index (χ4v) is 8.98. The second kappa shape index (κ2) is 9.27. The predicted octanol–water partition coefficient (Wildman–Crippen LogP) is 5.38. The van der Waals surface area contributed by atoms with Gasteiger partial charge in [0.25, 0.3) is 5.69 Å². The Hall–Kier alpha value is -3.10. The van der Waals surface area contributed by atoms with E-state index in [0.29, 0.717) is 0 Å². The number of nitro benzene ring substituents is 1. The highest BCUT2D eigenvalue weighted by Crippen LogP contribution is 2.68. The minimum atomic E-state index is -5.15. The van der Waals surface area contributed by atoms with Crippen LogP contribution in [0.25, 0.3) is 0 Å². The summed E-state index contributed by atoms with van der Waals surface area (Å²) < 4.78 is 45.7. The molecular formula is C23H20F3N2O4PS. The number of hydrogen-bond donors (Lipinski definition) is 0. The van der Waals surface area contributed by atoms with Crippen LogP contribution >= 0.6 is 6.04 Å². The number of alkyl halides is 3. The maximum atomic E-state index is 15.2. The highest BCUT2D eigenvalue weighted by atomic mass is 32.4. The third-order valence-electron chi connectivity index (χ3n) is 5.72. The lowest BCUT2D eigenvalue weighted by Gasteiger charge is -2.43. The molecule has 0 aliphatic rings. The molecule has 1 atom stereocenters. The van der Waals surface area contributed by atoms with Gasteiger partial charge in [-0.25, -0.2) is 0 Å². The van der Waals surface area contributed by atoms with E-state index < -0.39 is 45.0 Å². The number of rotatable bonds is 7. The smallest absolute Gasteiger partial charge is 0.264 e. The minimum Gasteiger partial charge on any atom is -0.264 e. The first-order valence-electron chi connectivity index (χ1n) is 10.0. The normalized spacial score (nSPS) is 13.8. The second-order valence-electron chi connectivity index (χ2n) is 7.93. The standard InChI is InChI=1S/C23H20F3N2O4PS/c1-16-3-11-20(12-4-16)33(34,21-13-5-17(2)6-14-21)22(15-27(29)30,23(24,25)26)18-7-9-19(10-8-18)28(31)32/h3-14H,15H2,1-2H3/t22-/m1/s1. The molecule has 6 nitrogen and oxygen atoms in total. The fraction of sp³-hybridized carbons (Fsp3) is 0.217. The largest absolute Gasteiger partial charge is 0.409 e. The monoisotopic (exact) mass is 508 g/mol. The molecule has 0 amide bonds. The van der Waals surface area contributed by atoms with Crippen LogP contribution in [-0.4, -0.2) is 22.6 Å². The molecule has 0 spiro atoms. The van der Waals surface area contributed by atoms with Gasteiger partial charge < -0.3 is 0 Å². The number of halogens is 3. The SMILES string of the molecule is Cc1ccc(P(=S)(c2ccc(C)cc2)[C@](C[N+](=O)[O-])(c2ccc([N+](=O)[O-])cc2)C(F)(F)F)cc1. The minimum absolute atomic E-state index is 0.162. The predicted molar refractivity (Wildman–Crippen MR) is 129 cm³/mol. The van der Waals surface area contributed by atoms with Crippen molar-refractivity contribution in [3.63, 3.8) is 0 Å². The Morgan fingerprint density at radius 3 is 1.53 bits per heavy atom. The van der Waals surface area contributed by atoms with Crippen molar-refractivity contribution in [2.45, 2.75) is 25.2 Å². The van der Waals surface area contributed by atoms with Gasteiger partial charge in [-0.3, -0.25) is 20.2 Å². The second-order valence-corrected chi connectivity index (χ2v) is 12.6. The summed E-state index contributed by atoms with van der Waals surface area (Å²) in [6, 6.07) is 12.1. The van der Waals surface area contributed by atoms with Crippen LogP contribution in [-0.2, 0) is 17.0 Å². The molecule has 0 aromatic heterocycles. The van der Waals surface area contributed by atoms with Crippen LogP contribution in [0.4, 0.5) is 18.9 Å². The van der Waals surface area contributed by atoms with E-state index in [9.17, 15) is 20.2 Å². The van der Waals surface area contributed by atoms with E-state index in [4.69, 9.17) is 11.8 Å². The molecule has 0 heterocycles. The number of non-ortho nitro benzene ring substituents is 1. The molecule has 3 rings (SSSR count). The molecule has 3 aromatic rings. The Kier molecular flexibility index (Phi) is 6.96. The number of hydrogen-bond acceptors (Lipinski definition) is 5. The lowest BCUT2D eigenvalue weighted by Crippen LogP contribution is -2.51. The van der Waals surface area contributed by atoms with Gasteiger partial charge in [-0.1, -0.05) is 83.6 Å². The number of nitro groups is 2. The van der Waals surface area contributed by atoms with Crippen LogP contribution in [0.1, 0.15) is 16.7 Å². The Labute approximate surface area is 198 Å². The third kappa shape index (κ3) is 4.35. The number of benzene rings is 3. The molecule has 0 N–H and O–H groups in total. The number of nitrogens with zero attached hydrogens (tertiary/aromatic N) is 2. The zero-order valence-electron chi connectivity index (χ0n) is 18.2. The van der Waals surface area contributed by atoms with Crippen LogP contribution in [0.3, 0.4) is 0 Å². The zero-order chi connectivity index (χ0) is 25.3. The maximum absolute atomic E-state index is 15.2. The molecule has 0 saturated heterocycles. The van der Waals surface area contributed by atoms with Crippen LogP contribution < -0.4 is 10.6 Å². The van der Waals surface area contributed by atoms with Gasteiger partial charge in [-0.2, -0.15) is 13.2 Å². The van der Waals surface area contributed by atoms with E-state index in [0.717, 1.165) is 35.4 Å². The van der Waals surface area contributed by atoms with Crippen LogP contribution in [0.15, 0.2) is 72.8 Å². The summed E-state index contributed by atoms with van der Waals surface area (Å²) in [5.74, 6) is 0. The lowest BCUT2D eigenvalue weighted by atomic mass is 9.97. The summed E-state index contributed by atoms with van der Waals surface area (Å²) >= 11 is 5.94. The average Bonchev–Trinajstić information content (AvgIpc) is 2.77. The van der Waals surface area contributed by atoms with Gasteiger partial charge in [0.05, 0.1) is 4.92 Å². The molecule has 0 saturated carbocycles. The quantitative estimate of drug-likeness (QED) is 0.243. The molecule has 3 aromatic carbocycles. The summed E-state index contributed by atoms with van der Waals surface area (Å²) in [4.78, 5) is 21.1. The Balaban J connectivity index is 2.51. The van der Waals surface area contributed by atoms with E-state index in [1.165, 1.54) is 24.3 Å². The molecule has 0 bridgehead atoms. The Bertz CT molecular complexity index is 1210. The first-order chi connectivity index (χ1) is 15.8. The number of aryl methyl sites for hydroxylation is 2. The van der Waals surface area contributed by atoms with Gasteiger partial charge in [0.15, 0.2) is 5.16 Å². The topological polar surface area (TPSA) is 86.3 Å². The zero-order valence-corrected chi connectivity index (χ0v) is 19.9. The summed E-state index contributed by atoms with van der Waals surface area (Å²) in [6.45, 7) is 2.01. The average molecular weight is 508 g/mol. The van der Waals surface area contributed by atoms with Gasteiger partial charge in [-0.05, 0) is 30.0 Å². The fourth-order valence-electron chi connectivity index (χ4n) is 3.95. The molecule has 0 unspecified atom stereocenters. The van der Waals surface area contributed by atoms with Crippen molar-refractivity contribution in [1.82, 2.24) is 0 Å². The van der Waals surface area contributed by atoms with Gasteiger partial charge in [0, 0.05) is 23.1 Å². The van der Waals surface area contributed by atoms with Crippen LogP contribution in [0.5, 0.6) is 0 Å². The Morgan fingerprint density at radius 2 is 1.21 bits per heavy atom. The van der Waals surface area contributed by atoms with E-state index in [2.05, 4.69) is 0 Å². The first-order valence-corrected chi connectivity index (χ1v) is 12.8. The van der Waals surface area contributed by atoms with E-state index in [1.54, 1.807) is 38.1 Å². The lowest BCUT2D eigenvalue weighted by molar-refractivity contribution is -0.494. The molecule has 0 fully saturated rings. The molecule has 0 radical (unpaired) electrons. The van der Waals surface area contributed by atoms with Crippen molar-refractivity contribution in [3.8, 4) is 0 Å². The van der Waals surface area contributed by atoms with Crippen molar-refractivity contribution < 1.29 is 23.0 Å². The van der Waals surface area contributed by atoms with Crippen molar-refractivity contribution >= 4 is 34.1 Å². The highest BCUT2D eigenvalue weighted by Gasteiger charge is 2.68. The molecule has 11 heteroatoms.